The number of nitrogens with zero attached hydrogens (tertiary/aromatic N) is 3. The molecule has 64 valence electrons. The highest BCUT2D eigenvalue weighted by Crippen LogP contribution is 2.15. The largest absolute Gasteiger partial charge is 0.341 e. The zero-order valence-electron chi connectivity index (χ0n) is 13.9. The van der Waals surface area contributed by atoms with Crippen molar-refractivity contribution in [2.75, 3.05) is 17.9 Å². The van der Waals surface area contributed by atoms with E-state index in [9.17, 15) is 0 Å². The molecule has 0 atom stereocenters. The van der Waals surface area contributed by atoms with Gasteiger partial charge in [-0.25, -0.2) is 9.97 Å². The van der Waals surface area contributed by atoms with Gasteiger partial charge in [0.1, 0.15) is 0 Å². The van der Waals surface area contributed by atoms with E-state index in [-0.39, 0.29) is 0 Å². The molecule has 0 radical (unpaired) electrons. The van der Waals surface area contributed by atoms with Gasteiger partial charge in [0.15, 0.2) is 0 Å². The van der Waals surface area contributed by atoms with E-state index in [4.69, 9.17) is 11.0 Å². The van der Waals surface area contributed by atoms with Crippen molar-refractivity contribution in [3.63, 3.8) is 0 Å². The average molecular weight is 236 g/mol. The van der Waals surface area contributed by atoms with Crippen molar-refractivity contribution in [3.05, 3.63) is 16.9 Å². The minimum atomic E-state index is -3.08. The van der Waals surface area contributed by atoms with Crippen molar-refractivity contribution in [1.82, 2.24) is 9.97 Å². The molecule has 4 heteroatoms. The third kappa shape index (κ3) is 1.58. The van der Waals surface area contributed by atoms with Gasteiger partial charge in [0, 0.05) is 36.4 Å². The summed E-state index contributed by atoms with van der Waals surface area (Å²) in [6, 6.07) is 0. The lowest BCUT2D eigenvalue weighted by molar-refractivity contribution is 0.896. The topological polar surface area (TPSA) is 29.0 Å². The number of halogens is 1. The van der Waals surface area contributed by atoms with Crippen molar-refractivity contribution in [1.29, 1.82) is 0 Å². The fraction of sp³-hybridized carbons (Fsp3) is 0.500. The molecule has 3 nitrogen and oxygen atoms in total. The van der Waals surface area contributed by atoms with Gasteiger partial charge in [-0.1, -0.05) is 0 Å². The van der Waals surface area contributed by atoms with Gasteiger partial charge in [0.05, 0.1) is 4.47 Å². The van der Waals surface area contributed by atoms with Crippen LogP contribution in [0.4, 0.5) is 5.95 Å². The lowest BCUT2D eigenvalue weighted by Gasteiger charge is -2.13. The molecule has 0 aromatic carbocycles. The second-order valence-corrected chi connectivity index (χ2v) is 2.93. The molecule has 12 heavy (non-hydrogen) atoms. The highest BCUT2D eigenvalue weighted by molar-refractivity contribution is 9.10. The van der Waals surface area contributed by atoms with Gasteiger partial charge >= 0.3 is 0 Å². The Morgan fingerprint density at radius 1 is 1.33 bits per heavy atom. The second-order valence-electron chi connectivity index (χ2n) is 2.01. The van der Waals surface area contributed by atoms with Crippen LogP contribution in [0.2, 0.25) is 0 Å². The standard InChI is InChI=1S/C8H10BrN3/c9-7-5-10-8(11-6-7)12-3-1-2-4-12/h5-6H,1-4H2/i1D2,2D2,3D2,4D2. The van der Waals surface area contributed by atoms with E-state index in [1.807, 2.05) is 0 Å². The van der Waals surface area contributed by atoms with Gasteiger partial charge in [-0.15, -0.1) is 0 Å². The minimum Gasteiger partial charge on any atom is -0.341 e. The normalized spacial score (nSPS) is 43.6. The summed E-state index contributed by atoms with van der Waals surface area (Å²) in [5, 5.41) is 0. The van der Waals surface area contributed by atoms with Gasteiger partial charge in [-0.3, -0.25) is 0 Å². The maximum absolute atomic E-state index is 7.79. The van der Waals surface area contributed by atoms with E-state index in [0.717, 1.165) is 0 Å². The van der Waals surface area contributed by atoms with Gasteiger partial charge < -0.3 is 4.90 Å². The second kappa shape index (κ2) is 3.39. The van der Waals surface area contributed by atoms with E-state index < -0.39 is 31.7 Å². The maximum atomic E-state index is 7.79. The predicted octanol–water partition coefficient (Wildman–Crippen LogP) is 1.84. The number of aromatic nitrogens is 2. The van der Waals surface area contributed by atoms with Crippen LogP contribution in [0.1, 0.15) is 23.7 Å². The van der Waals surface area contributed by atoms with Crippen LogP contribution in [0.3, 0.4) is 0 Å². The van der Waals surface area contributed by atoms with Crippen LogP contribution in [-0.2, 0) is 0 Å². The zero-order chi connectivity index (χ0) is 15.6. The molecule has 0 bridgehead atoms. The van der Waals surface area contributed by atoms with Crippen LogP contribution >= 0.6 is 15.9 Å². The fourth-order valence-corrected chi connectivity index (χ4v) is 0.921. The van der Waals surface area contributed by atoms with Crippen molar-refractivity contribution in [2.45, 2.75) is 12.7 Å². The summed E-state index contributed by atoms with van der Waals surface area (Å²) in [7, 11) is 0. The van der Waals surface area contributed by atoms with Crippen LogP contribution in [0, 0.1) is 0 Å². The highest BCUT2D eigenvalue weighted by Gasteiger charge is 2.13. The van der Waals surface area contributed by atoms with Crippen LogP contribution < -0.4 is 4.90 Å². The molecule has 0 saturated carbocycles. The van der Waals surface area contributed by atoms with Crippen molar-refractivity contribution >= 4 is 21.9 Å². The molecule has 0 amide bonds. The monoisotopic (exact) mass is 235 g/mol. The maximum Gasteiger partial charge on any atom is 0.225 e. The number of rotatable bonds is 1. The first kappa shape index (κ1) is 2.94. The molecule has 1 saturated heterocycles. The predicted molar refractivity (Wildman–Crippen MR) is 51.2 cm³/mol. The molecule has 2 heterocycles. The molecule has 0 spiro atoms. The summed E-state index contributed by atoms with van der Waals surface area (Å²) < 4.78 is 62.2. The van der Waals surface area contributed by atoms with Crippen molar-refractivity contribution in [2.24, 2.45) is 0 Å². The first-order chi connectivity index (χ1) is 8.87. The number of hydrogen-bond acceptors (Lipinski definition) is 3. The van der Waals surface area contributed by atoms with E-state index in [1.54, 1.807) is 0 Å². The first-order valence-corrected chi connectivity index (χ1v) is 3.94. The Bertz CT molecular complexity index is 505. The van der Waals surface area contributed by atoms with E-state index in [2.05, 4.69) is 25.9 Å². The summed E-state index contributed by atoms with van der Waals surface area (Å²) >= 11 is 3.08. The summed E-state index contributed by atoms with van der Waals surface area (Å²) in [5.41, 5.74) is 0. The third-order valence-corrected chi connectivity index (χ3v) is 1.61. The molecule has 1 fully saturated rings. The van der Waals surface area contributed by atoms with Crippen LogP contribution in [0.15, 0.2) is 16.9 Å². The quantitative estimate of drug-likeness (QED) is 0.745. The Balaban J connectivity index is 2.66. The molecular formula is C8H10BrN3. The molecule has 1 aromatic rings. The Labute approximate surface area is 91.2 Å². The Kier molecular flexibility index (Phi) is 0.831. The smallest absolute Gasteiger partial charge is 0.225 e. The molecular weight excluding hydrogens is 218 g/mol. The Morgan fingerprint density at radius 2 is 1.92 bits per heavy atom. The lowest BCUT2D eigenvalue weighted by Crippen LogP contribution is -2.19. The molecule has 1 aliphatic rings. The van der Waals surface area contributed by atoms with E-state index in [1.165, 1.54) is 12.4 Å². The van der Waals surface area contributed by atoms with Crippen LogP contribution in [0.5, 0.6) is 0 Å². The number of hydrogen-bond donors (Lipinski definition) is 0. The van der Waals surface area contributed by atoms with E-state index >= 15 is 0 Å². The minimum absolute atomic E-state index is 0.312. The van der Waals surface area contributed by atoms with Crippen molar-refractivity contribution in [3.8, 4) is 0 Å². The van der Waals surface area contributed by atoms with Crippen LogP contribution in [-0.4, -0.2) is 23.0 Å². The van der Waals surface area contributed by atoms with Gasteiger partial charge in [0.25, 0.3) is 0 Å². The molecule has 0 aliphatic carbocycles. The van der Waals surface area contributed by atoms with E-state index in [0.29, 0.717) is 9.37 Å². The lowest BCUT2D eigenvalue weighted by atomic mass is 10.4. The summed E-state index contributed by atoms with van der Waals surface area (Å²) in [5.74, 6) is -0.423. The molecule has 0 unspecified atom stereocenters. The summed E-state index contributed by atoms with van der Waals surface area (Å²) in [4.78, 5) is 7.79. The first-order valence-electron chi connectivity index (χ1n) is 7.15. The molecule has 2 rings (SSSR count). The Morgan fingerprint density at radius 3 is 2.50 bits per heavy atom. The van der Waals surface area contributed by atoms with Gasteiger partial charge in [0.2, 0.25) is 5.95 Å². The zero-order valence-corrected chi connectivity index (χ0v) is 7.46. The van der Waals surface area contributed by atoms with Crippen molar-refractivity contribution < 1.29 is 11.0 Å². The van der Waals surface area contributed by atoms with Gasteiger partial charge in [-0.05, 0) is 28.7 Å². The molecule has 1 aromatic heterocycles. The average Bonchev–Trinajstić information content (AvgIpc) is 2.36. The van der Waals surface area contributed by atoms with Gasteiger partial charge in [-0.2, -0.15) is 0 Å². The third-order valence-electron chi connectivity index (χ3n) is 1.20. The fourth-order valence-electron chi connectivity index (χ4n) is 0.717. The molecule has 0 N–H and O–H groups in total. The summed E-state index contributed by atoms with van der Waals surface area (Å²) in [6.07, 6.45) is -3.67. The highest BCUT2D eigenvalue weighted by atomic mass is 79.9. The summed E-state index contributed by atoms with van der Waals surface area (Å²) in [6.45, 7) is -5.90. The number of anilines is 1. The molecule has 1 aliphatic heterocycles. The SMILES string of the molecule is [2H]C1([2H])N(c2ncc(Br)cn2)C([2H])([2H])C([2H])([2H])C1([2H])[2H]. The van der Waals surface area contributed by atoms with Crippen LogP contribution in [0.25, 0.3) is 0 Å². The Hall–Kier alpha value is -0.640.